The summed E-state index contributed by atoms with van der Waals surface area (Å²) in [6.07, 6.45) is 67.8. The molecule has 0 saturated carbocycles. The summed E-state index contributed by atoms with van der Waals surface area (Å²) in [5.41, 5.74) is 0. The third-order valence-corrected chi connectivity index (χ3v) is 21.4. The molecule has 0 aromatic rings. The molecule has 0 aliphatic carbocycles. The van der Waals surface area contributed by atoms with Gasteiger partial charge in [-0.15, -0.1) is 0 Å². The van der Waals surface area contributed by atoms with Gasteiger partial charge in [-0.05, 0) is 31.6 Å². The first-order chi connectivity index (χ1) is 49.5. The van der Waals surface area contributed by atoms with Crippen LogP contribution in [-0.2, 0) is 65.4 Å². The van der Waals surface area contributed by atoms with Gasteiger partial charge in [0.15, 0.2) is 12.2 Å². The Hall–Kier alpha value is -1.94. The average molecular weight is 1490 g/mol. The second-order valence-corrected chi connectivity index (χ2v) is 33.3. The molecule has 0 aromatic carbocycles. The van der Waals surface area contributed by atoms with Gasteiger partial charge < -0.3 is 33.8 Å². The Labute approximate surface area is 626 Å². The summed E-state index contributed by atoms with van der Waals surface area (Å²) in [5.74, 6) is -1.29. The topological polar surface area (TPSA) is 237 Å². The van der Waals surface area contributed by atoms with Crippen LogP contribution in [0.25, 0.3) is 0 Å². The third-order valence-electron chi connectivity index (χ3n) is 19.5. The molecule has 102 heavy (non-hydrogen) atoms. The van der Waals surface area contributed by atoms with Gasteiger partial charge in [-0.3, -0.25) is 37.3 Å². The van der Waals surface area contributed by atoms with E-state index in [1.54, 1.807) is 0 Å². The second kappa shape index (κ2) is 75.9. The Morgan fingerprint density at radius 3 is 0.667 bits per heavy atom. The molecule has 3 N–H and O–H groups in total. The third kappa shape index (κ3) is 76.3. The first-order valence-corrected chi connectivity index (χ1v) is 46.1. The Kier molecular flexibility index (Phi) is 74.4. The van der Waals surface area contributed by atoms with Crippen LogP contribution in [0.2, 0.25) is 0 Å². The average Bonchev–Trinajstić information content (AvgIpc) is 0.915. The molecule has 0 radical (unpaired) electrons. The fourth-order valence-electron chi connectivity index (χ4n) is 12.9. The molecule has 17 nitrogen and oxygen atoms in total. The molecule has 0 saturated heterocycles. The minimum atomic E-state index is -4.96. The van der Waals surface area contributed by atoms with Gasteiger partial charge in [-0.2, -0.15) is 0 Å². The van der Waals surface area contributed by atoms with Crippen LogP contribution in [0.5, 0.6) is 0 Å². The van der Waals surface area contributed by atoms with Crippen molar-refractivity contribution in [2.24, 2.45) is 5.92 Å². The lowest BCUT2D eigenvalue weighted by atomic mass is 10.0. The van der Waals surface area contributed by atoms with Crippen molar-refractivity contribution >= 4 is 39.5 Å². The molecular weight excluding hydrogens is 1330 g/mol. The number of unbranched alkanes of at least 4 members (excludes halogenated alkanes) is 55. The minimum absolute atomic E-state index is 0.109. The van der Waals surface area contributed by atoms with E-state index < -0.39 is 97.5 Å². The van der Waals surface area contributed by atoms with Gasteiger partial charge >= 0.3 is 39.5 Å². The van der Waals surface area contributed by atoms with Crippen molar-refractivity contribution in [2.45, 2.75) is 464 Å². The summed E-state index contributed by atoms with van der Waals surface area (Å²) in [5, 5.41) is 10.7. The first kappa shape index (κ1) is 100. The van der Waals surface area contributed by atoms with Gasteiger partial charge in [-0.25, -0.2) is 9.13 Å². The zero-order chi connectivity index (χ0) is 74.8. The number of phosphoric acid groups is 2. The van der Waals surface area contributed by atoms with Gasteiger partial charge in [0.25, 0.3) is 0 Å². The SMILES string of the molecule is CCCCCCCCCCCCCCCCCCC(=O)OC[C@H](COP(=O)(O)OC[C@@H](O)COP(=O)(O)OC[C@@H](COC(=O)CCCCCCCCCCCCCCC)OC(=O)CCCCCCCCCCCCCCCC)OC(=O)CCCCCCCCCCCCCCCCCCC(C)C. The van der Waals surface area contributed by atoms with E-state index in [0.717, 1.165) is 95.8 Å². The van der Waals surface area contributed by atoms with Crippen molar-refractivity contribution < 1.29 is 80.2 Å². The zero-order valence-corrected chi connectivity index (χ0v) is 68.5. The molecule has 2 unspecified atom stereocenters. The molecule has 0 fully saturated rings. The maximum atomic E-state index is 13.1. The second-order valence-electron chi connectivity index (χ2n) is 30.3. The maximum Gasteiger partial charge on any atom is 0.472 e. The summed E-state index contributed by atoms with van der Waals surface area (Å²) in [4.78, 5) is 73.1. The number of aliphatic hydroxyl groups excluding tert-OH is 1. The van der Waals surface area contributed by atoms with Crippen molar-refractivity contribution in [1.29, 1.82) is 0 Å². The number of carbonyl (C=O) groups excluding carboxylic acids is 4. The number of hydrogen-bond donors (Lipinski definition) is 3. The predicted molar refractivity (Wildman–Crippen MR) is 418 cm³/mol. The predicted octanol–water partition coefficient (Wildman–Crippen LogP) is 25.2. The van der Waals surface area contributed by atoms with Crippen LogP contribution in [0, 0.1) is 5.92 Å². The normalized spacial score (nSPS) is 13.8. The quantitative estimate of drug-likeness (QED) is 0.0222. The molecule has 0 bridgehead atoms. The lowest BCUT2D eigenvalue weighted by Gasteiger charge is -2.21. The van der Waals surface area contributed by atoms with Gasteiger partial charge in [0, 0.05) is 25.7 Å². The van der Waals surface area contributed by atoms with Gasteiger partial charge in [0.05, 0.1) is 26.4 Å². The highest BCUT2D eigenvalue weighted by Gasteiger charge is 2.30. The van der Waals surface area contributed by atoms with E-state index in [1.807, 2.05) is 0 Å². The van der Waals surface area contributed by atoms with Crippen LogP contribution in [0.1, 0.15) is 446 Å². The Balaban J connectivity index is 5.26. The number of phosphoric ester groups is 2. The monoisotopic (exact) mass is 1490 g/mol. The number of rotatable bonds is 83. The first-order valence-electron chi connectivity index (χ1n) is 43.1. The van der Waals surface area contributed by atoms with Gasteiger partial charge in [0.2, 0.25) is 0 Å². The molecule has 0 spiro atoms. The Bertz CT molecular complexity index is 1940. The van der Waals surface area contributed by atoms with Crippen molar-refractivity contribution in [2.75, 3.05) is 39.6 Å². The van der Waals surface area contributed by atoms with Gasteiger partial charge in [0.1, 0.15) is 19.3 Å². The number of hydrogen-bond acceptors (Lipinski definition) is 15. The highest BCUT2D eigenvalue weighted by atomic mass is 31.2. The number of ether oxygens (including phenoxy) is 4. The standard InChI is InChI=1S/C83H162O17P2/c1-6-9-12-15-18-21-24-27-29-33-38-42-47-52-57-62-67-81(86)94-73-79(100-83(88)69-64-59-54-49-44-39-34-31-30-32-36-40-45-50-55-60-65-76(4)5)75-98-102(91,92)96-71-77(84)70-95-101(89,90)97-74-78(72-93-80(85)66-61-56-51-46-41-35-26-23-20-17-14-11-8-3)99-82(87)68-63-58-53-48-43-37-28-25-22-19-16-13-10-7-2/h76-79,84H,6-75H2,1-5H3,(H,89,90)(H,91,92)/t77-,78+,79+/m0/s1. The van der Waals surface area contributed by atoms with Crippen LogP contribution < -0.4 is 0 Å². The zero-order valence-electron chi connectivity index (χ0n) is 66.8. The highest BCUT2D eigenvalue weighted by molar-refractivity contribution is 7.47. The molecule has 0 rings (SSSR count). The molecule has 0 aliphatic rings. The van der Waals surface area contributed by atoms with E-state index in [1.165, 1.54) is 270 Å². The summed E-state index contributed by atoms with van der Waals surface area (Å²) < 4.78 is 68.8. The maximum absolute atomic E-state index is 13.1. The van der Waals surface area contributed by atoms with Crippen molar-refractivity contribution in [3.05, 3.63) is 0 Å². The Morgan fingerprint density at radius 2 is 0.451 bits per heavy atom. The lowest BCUT2D eigenvalue weighted by molar-refractivity contribution is -0.161. The summed E-state index contributed by atoms with van der Waals surface area (Å²) in [7, 11) is -9.92. The van der Waals surface area contributed by atoms with Crippen LogP contribution in [0.4, 0.5) is 0 Å². The molecule has 0 heterocycles. The van der Waals surface area contributed by atoms with E-state index in [4.69, 9.17) is 37.0 Å². The summed E-state index contributed by atoms with van der Waals surface area (Å²) in [6, 6.07) is 0. The molecule has 0 amide bonds. The lowest BCUT2D eigenvalue weighted by Crippen LogP contribution is -2.30. The molecule has 19 heteroatoms. The molecule has 5 atom stereocenters. The van der Waals surface area contributed by atoms with E-state index in [2.05, 4.69) is 34.6 Å². The van der Waals surface area contributed by atoms with Crippen LogP contribution in [-0.4, -0.2) is 96.7 Å². The number of carbonyl (C=O) groups is 4. The highest BCUT2D eigenvalue weighted by Crippen LogP contribution is 2.45. The van der Waals surface area contributed by atoms with Crippen molar-refractivity contribution in [3.63, 3.8) is 0 Å². The van der Waals surface area contributed by atoms with Crippen LogP contribution in [0.3, 0.4) is 0 Å². The van der Waals surface area contributed by atoms with E-state index in [-0.39, 0.29) is 25.7 Å². The Morgan fingerprint density at radius 1 is 0.265 bits per heavy atom. The van der Waals surface area contributed by atoms with Crippen molar-refractivity contribution in [3.8, 4) is 0 Å². The fraction of sp³-hybridized carbons (Fsp3) is 0.952. The van der Waals surface area contributed by atoms with Crippen molar-refractivity contribution in [1.82, 2.24) is 0 Å². The smallest absolute Gasteiger partial charge is 0.462 e. The fourth-order valence-corrected chi connectivity index (χ4v) is 14.5. The largest absolute Gasteiger partial charge is 0.472 e. The van der Waals surface area contributed by atoms with E-state index in [9.17, 15) is 43.2 Å². The summed E-state index contributed by atoms with van der Waals surface area (Å²) in [6.45, 7) is 7.39. The van der Waals surface area contributed by atoms with E-state index in [0.29, 0.717) is 25.7 Å². The van der Waals surface area contributed by atoms with E-state index >= 15 is 0 Å². The van der Waals surface area contributed by atoms with Crippen LogP contribution in [0.15, 0.2) is 0 Å². The molecular formula is C83H162O17P2. The molecule has 0 aromatic heterocycles. The minimum Gasteiger partial charge on any atom is -0.462 e. The number of aliphatic hydroxyl groups is 1. The number of esters is 4. The van der Waals surface area contributed by atoms with Gasteiger partial charge in [-0.1, -0.05) is 394 Å². The molecule has 606 valence electrons. The molecule has 0 aliphatic heterocycles. The van der Waals surface area contributed by atoms with Crippen LogP contribution >= 0.6 is 15.6 Å². The summed E-state index contributed by atoms with van der Waals surface area (Å²) >= 11 is 0.